The van der Waals surface area contributed by atoms with E-state index in [2.05, 4.69) is 5.32 Å². The van der Waals surface area contributed by atoms with Crippen LogP contribution in [0, 0.1) is 0 Å². The van der Waals surface area contributed by atoms with Gasteiger partial charge in [0, 0.05) is 10.0 Å². The van der Waals surface area contributed by atoms with Crippen LogP contribution in [0.1, 0.15) is 15.9 Å². The fourth-order valence-corrected chi connectivity index (χ4v) is 2.93. The molecule has 2 N–H and O–H groups in total. The van der Waals surface area contributed by atoms with Crippen molar-refractivity contribution in [3.8, 4) is 0 Å². The Labute approximate surface area is 128 Å². The van der Waals surface area contributed by atoms with Gasteiger partial charge in [-0.15, -0.1) is 11.3 Å². The maximum Gasteiger partial charge on any atom is 0.338 e. The van der Waals surface area contributed by atoms with Crippen LogP contribution in [0.3, 0.4) is 0 Å². The third-order valence-corrected chi connectivity index (χ3v) is 4.09. The summed E-state index contributed by atoms with van der Waals surface area (Å²) < 4.78 is 0. The largest absolute Gasteiger partial charge is 0.478 e. The fraction of sp³-hybridized carbons (Fsp3) is 0.0769. The lowest BCUT2D eigenvalue weighted by Gasteiger charge is -2.07. The molecule has 0 aliphatic carbocycles. The quantitative estimate of drug-likeness (QED) is 0.892. The highest BCUT2D eigenvalue weighted by Crippen LogP contribution is 2.26. The number of carbonyl (C=O) groups excluding carboxylic acids is 1. The first-order valence-electron chi connectivity index (χ1n) is 5.52. The molecule has 4 nitrogen and oxygen atoms in total. The first-order chi connectivity index (χ1) is 9.49. The normalized spacial score (nSPS) is 10.3. The lowest BCUT2D eigenvalue weighted by atomic mass is 10.1. The van der Waals surface area contributed by atoms with Crippen molar-refractivity contribution in [2.24, 2.45) is 0 Å². The molecule has 0 aliphatic rings. The van der Waals surface area contributed by atoms with E-state index in [9.17, 15) is 9.59 Å². The second kappa shape index (κ2) is 6.26. The van der Waals surface area contributed by atoms with E-state index in [0.717, 1.165) is 11.3 Å². The third kappa shape index (κ3) is 3.30. The number of rotatable bonds is 4. The number of carboxylic acid groups (broad SMARTS) is 1. The van der Waals surface area contributed by atoms with Gasteiger partial charge in [-0.2, -0.15) is 0 Å². The number of hydrogen-bond donors (Lipinski definition) is 2. The fourth-order valence-electron chi connectivity index (χ4n) is 1.61. The molecule has 1 aromatic carbocycles. The molecule has 1 heterocycles. The van der Waals surface area contributed by atoms with E-state index >= 15 is 0 Å². The molecule has 7 heteroatoms. The topological polar surface area (TPSA) is 66.4 Å². The predicted molar refractivity (Wildman–Crippen MR) is 80.1 cm³/mol. The summed E-state index contributed by atoms with van der Waals surface area (Å²) in [5, 5.41) is 14.2. The minimum atomic E-state index is -1.09. The molecule has 0 radical (unpaired) electrons. The molecule has 0 bridgehead atoms. The summed E-state index contributed by atoms with van der Waals surface area (Å²) >= 11 is 13.1. The van der Waals surface area contributed by atoms with Crippen LogP contribution < -0.4 is 5.32 Å². The highest BCUT2D eigenvalue weighted by molar-refractivity contribution is 7.14. The van der Waals surface area contributed by atoms with Gasteiger partial charge in [0.1, 0.15) is 5.00 Å². The molecule has 0 unspecified atom stereocenters. The summed E-state index contributed by atoms with van der Waals surface area (Å²) in [7, 11) is 0. The summed E-state index contributed by atoms with van der Waals surface area (Å²) in [6, 6.07) is 6.41. The van der Waals surface area contributed by atoms with Gasteiger partial charge in [0.2, 0.25) is 5.91 Å². The lowest BCUT2D eigenvalue weighted by molar-refractivity contribution is -0.115. The maximum absolute atomic E-state index is 11.9. The van der Waals surface area contributed by atoms with Gasteiger partial charge in [-0.05, 0) is 29.1 Å². The summed E-state index contributed by atoms with van der Waals surface area (Å²) in [5.74, 6) is -1.46. The average Bonchev–Trinajstić information content (AvgIpc) is 2.82. The number of halogens is 2. The Morgan fingerprint density at radius 3 is 2.45 bits per heavy atom. The van der Waals surface area contributed by atoms with E-state index < -0.39 is 5.97 Å². The number of carbonyl (C=O) groups is 2. The van der Waals surface area contributed by atoms with E-state index in [1.165, 1.54) is 6.07 Å². The van der Waals surface area contributed by atoms with Crippen LogP contribution >= 0.6 is 34.5 Å². The molecule has 0 saturated carbocycles. The molecule has 2 aromatic rings. The molecular weight excluding hydrogens is 321 g/mol. The number of hydrogen-bond acceptors (Lipinski definition) is 3. The second-order valence-electron chi connectivity index (χ2n) is 3.89. The van der Waals surface area contributed by atoms with Crippen LogP contribution in [0.2, 0.25) is 10.0 Å². The van der Waals surface area contributed by atoms with Crippen molar-refractivity contribution < 1.29 is 14.7 Å². The highest BCUT2D eigenvalue weighted by Gasteiger charge is 2.16. The maximum atomic E-state index is 11.9. The minimum Gasteiger partial charge on any atom is -0.478 e. The van der Waals surface area contributed by atoms with Crippen LogP contribution in [-0.4, -0.2) is 17.0 Å². The summed E-state index contributed by atoms with van der Waals surface area (Å²) in [5.41, 5.74) is 0.579. The van der Waals surface area contributed by atoms with Crippen LogP contribution in [0.5, 0.6) is 0 Å². The number of aromatic carboxylic acids is 1. The Hall–Kier alpha value is -1.56. The molecule has 0 saturated heterocycles. The van der Waals surface area contributed by atoms with Gasteiger partial charge in [-0.3, -0.25) is 4.79 Å². The molecule has 1 amide bonds. The smallest absolute Gasteiger partial charge is 0.338 e. The first kappa shape index (κ1) is 14.8. The van der Waals surface area contributed by atoms with Crippen molar-refractivity contribution in [2.45, 2.75) is 6.42 Å². The van der Waals surface area contributed by atoms with Crippen molar-refractivity contribution in [1.29, 1.82) is 0 Å². The van der Waals surface area contributed by atoms with Crippen molar-refractivity contribution in [1.82, 2.24) is 0 Å². The van der Waals surface area contributed by atoms with Crippen LogP contribution in [0.4, 0.5) is 5.00 Å². The van der Waals surface area contributed by atoms with Gasteiger partial charge in [0.15, 0.2) is 0 Å². The van der Waals surface area contributed by atoms with Gasteiger partial charge in [0.05, 0.1) is 12.0 Å². The third-order valence-electron chi connectivity index (χ3n) is 2.55. The zero-order chi connectivity index (χ0) is 14.7. The molecular formula is C13H9Cl2NO3S. The molecule has 0 aliphatic heterocycles. The predicted octanol–water partition coefficient (Wildman–Crippen LogP) is 3.93. The zero-order valence-electron chi connectivity index (χ0n) is 10.0. The summed E-state index contributed by atoms with van der Waals surface area (Å²) in [6.07, 6.45) is -0.0184. The van der Waals surface area contributed by atoms with Crippen molar-refractivity contribution in [2.75, 3.05) is 5.32 Å². The van der Waals surface area contributed by atoms with Crippen molar-refractivity contribution in [3.05, 3.63) is 50.8 Å². The molecule has 20 heavy (non-hydrogen) atoms. The first-order valence-corrected chi connectivity index (χ1v) is 7.16. The number of amides is 1. The highest BCUT2D eigenvalue weighted by atomic mass is 35.5. The van der Waals surface area contributed by atoms with Crippen molar-refractivity contribution >= 4 is 51.4 Å². The Kier molecular flexibility index (Phi) is 4.65. The van der Waals surface area contributed by atoms with Crippen molar-refractivity contribution in [3.63, 3.8) is 0 Å². The average molecular weight is 330 g/mol. The monoisotopic (exact) mass is 329 g/mol. The molecule has 1 aromatic heterocycles. The van der Waals surface area contributed by atoms with Gasteiger partial charge < -0.3 is 10.4 Å². The van der Waals surface area contributed by atoms with Gasteiger partial charge in [-0.1, -0.05) is 29.3 Å². The Bertz CT molecular complexity index is 649. The SMILES string of the molecule is O=C(Cc1c(Cl)cccc1Cl)Nc1sccc1C(=O)O. The van der Waals surface area contributed by atoms with Gasteiger partial charge >= 0.3 is 5.97 Å². The standard InChI is InChI=1S/C13H9Cl2NO3S/c14-9-2-1-3-10(15)8(9)6-11(17)16-12-7(13(18)19)4-5-20-12/h1-5H,6H2,(H,16,17)(H,18,19). The van der Waals surface area contributed by atoms with E-state index in [0.29, 0.717) is 20.6 Å². The number of benzene rings is 1. The minimum absolute atomic E-state index is 0.0184. The zero-order valence-corrected chi connectivity index (χ0v) is 12.4. The Morgan fingerprint density at radius 2 is 1.85 bits per heavy atom. The summed E-state index contributed by atoms with van der Waals surface area (Å²) in [4.78, 5) is 22.9. The second-order valence-corrected chi connectivity index (χ2v) is 5.62. The van der Waals surface area contributed by atoms with E-state index in [1.54, 1.807) is 23.6 Å². The number of thiophene rings is 1. The van der Waals surface area contributed by atoms with Crippen LogP contribution in [0.25, 0.3) is 0 Å². The van der Waals surface area contributed by atoms with Crippen LogP contribution in [-0.2, 0) is 11.2 Å². The number of nitrogens with one attached hydrogen (secondary N) is 1. The summed E-state index contributed by atoms with van der Waals surface area (Å²) in [6.45, 7) is 0. The van der Waals surface area contributed by atoms with E-state index in [4.69, 9.17) is 28.3 Å². The lowest BCUT2D eigenvalue weighted by Crippen LogP contribution is -2.15. The Morgan fingerprint density at radius 1 is 1.20 bits per heavy atom. The van der Waals surface area contributed by atoms with Gasteiger partial charge in [-0.25, -0.2) is 4.79 Å². The Balaban J connectivity index is 2.14. The van der Waals surface area contributed by atoms with Crippen LogP contribution in [0.15, 0.2) is 29.6 Å². The van der Waals surface area contributed by atoms with E-state index in [-0.39, 0.29) is 17.9 Å². The number of carboxylic acids is 1. The van der Waals surface area contributed by atoms with Gasteiger partial charge in [0.25, 0.3) is 0 Å². The molecule has 2 rings (SSSR count). The molecule has 0 fully saturated rings. The van der Waals surface area contributed by atoms with E-state index in [1.807, 2.05) is 0 Å². The molecule has 0 spiro atoms. The molecule has 104 valence electrons. The molecule has 0 atom stereocenters. The number of anilines is 1.